The lowest BCUT2D eigenvalue weighted by atomic mass is 9.86. The van der Waals surface area contributed by atoms with Crippen molar-refractivity contribution in [1.29, 1.82) is 0 Å². The van der Waals surface area contributed by atoms with Gasteiger partial charge < -0.3 is 25.0 Å². The van der Waals surface area contributed by atoms with Gasteiger partial charge in [0.2, 0.25) is 5.95 Å². The third-order valence-electron chi connectivity index (χ3n) is 6.89. The second-order valence-electron chi connectivity index (χ2n) is 9.64. The molecule has 0 aliphatic heterocycles. The number of hydrogen-bond donors (Lipinski definition) is 2. The summed E-state index contributed by atoms with van der Waals surface area (Å²) in [6.45, 7) is 2.13. The molecule has 1 aliphatic rings. The van der Waals surface area contributed by atoms with E-state index < -0.39 is 0 Å². The highest BCUT2D eigenvalue weighted by molar-refractivity contribution is 5.90. The molecule has 0 atom stereocenters. The molecule has 1 heterocycles. The van der Waals surface area contributed by atoms with E-state index in [-0.39, 0.29) is 0 Å². The van der Waals surface area contributed by atoms with Crippen LogP contribution in [-0.4, -0.2) is 57.4 Å². The number of aromatic nitrogens is 2. The second-order valence-corrected chi connectivity index (χ2v) is 9.64. The fourth-order valence-electron chi connectivity index (χ4n) is 4.92. The molecule has 1 aromatic heterocycles. The van der Waals surface area contributed by atoms with Gasteiger partial charge in [-0.15, -0.1) is 0 Å². The van der Waals surface area contributed by atoms with Crippen LogP contribution in [0.1, 0.15) is 37.7 Å². The molecule has 2 N–H and O–H groups in total. The van der Waals surface area contributed by atoms with Crippen molar-refractivity contribution < 1.29 is 9.47 Å². The Morgan fingerprint density at radius 3 is 2.46 bits per heavy atom. The maximum atomic E-state index is 5.41. The van der Waals surface area contributed by atoms with Gasteiger partial charge in [-0.3, -0.25) is 0 Å². The van der Waals surface area contributed by atoms with Crippen molar-refractivity contribution >= 4 is 22.7 Å². The van der Waals surface area contributed by atoms with Crippen LogP contribution in [0.15, 0.2) is 42.5 Å². The SMILES string of the molecule is COc1ccc(CCCNCC2CCC(Nc3nc(N(C)C)c4ccccc4n3)CC2)cc1OC. The first-order valence-corrected chi connectivity index (χ1v) is 12.7. The van der Waals surface area contributed by atoms with Gasteiger partial charge in [-0.25, -0.2) is 4.98 Å². The largest absolute Gasteiger partial charge is 0.493 e. The molecule has 7 heteroatoms. The van der Waals surface area contributed by atoms with Gasteiger partial charge in [0.1, 0.15) is 5.82 Å². The maximum Gasteiger partial charge on any atom is 0.225 e. The average molecular weight is 478 g/mol. The lowest BCUT2D eigenvalue weighted by Gasteiger charge is -2.29. The minimum Gasteiger partial charge on any atom is -0.493 e. The first kappa shape index (κ1) is 25.0. The number of nitrogens with zero attached hydrogens (tertiary/aromatic N) is 3. The maximum absolute atomic E-state index is 5.41. The molecule has 0 unspecified atom stereocenters. The zero-order chi connectivity index (χ0) is 24.6. The van der Waals surface area contributed by atoms with Gasteiger partial charge in [-0.05, 0) is 87.4 Å². The zero-order valence-corrected chi connectivity index (χ0v) is 21.5. The van der Waals surface area contributed by atoms with Gasteiger partial charge in [0, 0.05) is 25.5 Å². The van der Waals surface area contributed by atoms with E-state index in [4.69, 9.17) is 19.4 Å². The molecule has 1 aliphatic carbocycles. The summed E-state index contributed by atoms with van der Waals surface area (Å²) in [6, 6.07) is 14.8. The first-order chi connectivity index (χ1) is 17.1. The molecule has 1 saturated carbocycles. The number of aryl methyl sites for hydroxylation is 1. The molecule has 4 rings (SSSR count). The summed E-state index contributed by atoms with van der Waals surface area (Å²) >= 11 is 0. The molecule has 35 heavy (non-hydrogen) atoms. The molecule has 2 aromatic carbocycles. The van der Waals surface area contributed by atoms with E-state index >= 15 is 0 Å². The van der Waals surface area contributed by atoms with Crippen LogP contribution < -0.4 is 25.0 Å². The number of nitrogens with one attached hydrogen (secondary N) is 2. The third kappa shape index (κ3) is 6.54. The number of benzene rings is 2. The van der Waals surface area contributed by atoms with Crippen LogP contribution >= 0.6 is 0 Å². The number of methoxy groups -OCH3 is 2. The summed E-state index contributed by atoms with van der Waals surface area (Å²) in [4.78, 5) is 11.6. The molecule has 188 valence electrons. The van der Waals surface area contributed by atoms with Gasteiger partial charge in [-0.1, -0.05) is 18.2 Å². The smallest absolute Gasteiger partial charge is 0.225 e. The average Bonchev–Trinajstić information content (AvgIpc) is 2.88. The summed E-state index contributed by atoms with van der Waals surface area (Å²) in [7, 11) is 7.42. The highest BCUT2D eigenvalue weighted by Crippen LogP contribution is 2.29. The molecule has 0 saturated heterocycles. The van der Waals surface area contributed by atoms with Gasteiger partial charge in [0.15, 0.2) is 11.5 Å². The first-order valence-electron chi connectivity index (χ1n) is 12.7. The van der Waals surface area contributed by atoms with Crippen molar-refractivity contribution in [3.63, 3.8) is 0 Å². The van der Waals surface area contributed by atoms with E-state index in [1.807, 2.05) is 32.3 Å². The van der Waals surface area contributed by atoms with Crippen LogP contribution in [0.4, 0.5) is 11.8 Å². The Kier molecular flexibility index (Phi) is 8.64. The fraction of sp³-hybridized carbons (Fsp3) is 0.500. The summed E-state index contributed by atoms with van der Waals surface area (Å²) in [5.74, 6) is 4.03. The lowest BCUT2D eigenvalue weighted by Crippen LogP contribution is -2.32. The second kappa shape index (κ2) is 12.1. The van der Waals surface area contributed by atoms with Crippen LogP contribution in [0.5, 0.6) is 11.5 Å². The molecule has 7 nitrogen and oxygen atoms in total. The van der Waals surface area contributed by atoms with Gasteiger partial charge in [-0.2, -0.15) is 4.98 Å². The summed E-state index contributed by atoms with van der Waals surface area (Å²) in [6.07, 6.45) is 6.92. The molecule has 0 radical (unpaired) electrons. The van der Waals surface area contributed by atoms with Crippen molar-refractivity contribution in [1.82, 2.24) is 15.3 Å². The van der Waals surface area contributed by atoms with Crippen LogP contribution in [0.3, 0.4) is 0 Å². The van der Waals surface area contributed by atoms with E-state index in [1.54, 1.807) is 14.2 Å². The minimum atomic E-state index is 0.437. The summed E-state index contributed by atoms with van der Waals surface area (Å²) in [5.41, 5.74) is 2.27. The van der Waals surface area contributed by atoms with Crippen molar-refractivity contribution in [3.8, 4) is 11.5 Å². The molecular weight excluding hydrogens is 438 g/mol. The summed E-state index contributed by atoms with van der Waals surface area (Å²) < 4.78 is 10.7. The molecular formula is C28H39N5O2. The van der Waals surface area contributed by atoms with Crippen molar-refractivity contribution in [2.75, 3.05) is 51.6 Å². The Hall–Kier alpha value is -3.06. The van der Waals surface area contributed by atoms with Gasteiger partial charge in [0.05, 0.1) is 19.7 Å². The van der Waals surface area contributed by atoms with Gasteiger partial charge >= 0.3 is 0 Å². The topological polar surface area (TPSA) is 71.5 Å². The summed E-state index contributed by atoms with van der Waals surface area (Å²) in [5, 5.41) is 8.37. The highest BCUT2D eigenvalue weighted by atomic mass is 16.5. The number of ether oxygens (including phenoxy) is 2. The number of anilines is 2. The van der Waals surface area contributed by atoms with E-state index in [9.17, 15) is 0 Å². The Morgan fingerprint density at radius 2 is 1.71 bits per heavy atom. The number of rotatable bonds is 11. The zero-order valence-electron chi connectivity index (χ0n) is 21.5. The Balaban J connectivity index is 1.19. The molecule has 3 aromatic rings. The van der Waals surface area contributed by atoms with Crippen LogP contribution in [0.25, 0.3) is 10.9 Å². The normalized spacial score (nSPS) is 17.8. The van der Waals surface area contributed by atoms with Crippen molar-refractivity contribution in [2.45, 2.75) is 44.6 Å². The Morgan fingerprint density at radius 1 is 0.943 bits per heavy atom. The van der Waals surface area contributed by atoms with Crippen LogP contribution in [-0.2, 0) is 6.42 Å². The Bertz CT molecular complexity index is 1100. The van der Waals surface area contributed by atoms with E-state index in [0.717, 1.165) is 78.9 Å². The third-order valence-corrected chi connectivity index (χ3v) is 6.89. The van der Waals surface area contributed by atoms with E-state index in [0.29, 0.717) is 6.04 Å². The lowest BCUT2D eigenvalue weighted by molar-refractivity contribution is 0.324. The van der Waals surface area contributed by atoms with Crippen LogP contribution in [0, 0.1) is 5.92 Å². The van der Waals surface area contributed by atoms with Gasteiger partial charge in [0.25, 0.3) is 0 Å². The molecule has 0 spiro atoms. The Labute approximate surface area is 209 Å². The number of para-hydroxylation sites is 1. The van der Waals surface area contributed by atoms with E-state index in [1.165, 1.54) is 18.4 Å². The fourth-order valence-corrected chi connectivity index (χ4v) is 4.92. The van der Waals surface area contributed by atoms with E-state index in [2.05, 4.69) is 39.8 Å². The molecule has 0 amide bonds. The quantitative estimate of drug-likeness (QED) is 0.380. The monoisotopic (exact) mass is 477 g/mol. The van der Waals surface area contributed by atoms with Crippen molar-refractivity contribution in [3.05, 3.63) is 48.0 Å². The number of hydrogen-bond acceptors (Lipinski definition) is 7. The van der Waals surface area contributed by atoms with Crippen molar-refractivity contribution in [2.24, 2.45) is 5.92 Å². The highest BCUT2D eigenvalue weighted by Gasteiger charge is 2.22. The number of fused-ring (bicyclic) bond motifs is 1. The predicted octanol–water partition coefficient (Wildman–Crippen LogP) is 4.91. The predicted molar refractivity (Wildman–Crippen MR) is 144 cm³/mol. The van der Waals surface area contributed by atoms with Crippen LogP contribution in [0.2, 0.25) is 0 Å². The molecule has 1 fully saturated rings. The standard InChI is InChI=1S/C28H39N5O2/c1-33(2)27-23-9-5-6-10-24(23)31-28(32-27)30-22-14-11-21(12-15-22)19-29-17-7-8-20-13-16-25(34-3)26(18-20)35-4/h5-6,9-10,13,16,18,21-22,29H,7-8,11-12,14-15,17,19H2,1-4H3,(H,30,31,32). The minimum absolute atomic E-state index is 0.437. The molecule has 0 bridgehead atoms.